The number of rotatable bonds is 5. The highest BCUT2D eigenvalue weighted by Gasteiger charge is 2.40. The molecule has 0 aliphatic carbocycles. The van der Waals surface area contributed by atoms with Gasteiger partial charge in [-0.2, -0.15) is 0 Å². The summed E-state index contributed by atoms with van der Waals surface area (Å²) in [7, 11) is 0. The molecule has 2 aliphatic heterocycles. The molecule has 188 valence electrons. The first-order valence-corrected chi connectivity index (χ1v) is 12.0. The molecule has 0 aromatic heterocycles. The first kappa shape index (κ1) is 25.4. The molecule has 3 N–H and O–H groups in total. The van der Waals surface area contributed by atoms with Gasteiger partial charge in [-0.05, 0) is 42.7 Å². The molecule has 2 saturated heterocycles. The predicted molar refractivity (Wildman–Crippen MR) is 129 cm³/mol. The van der Waals surface area contributed by atoms with E-state index in [0.717, 1.165) is 5.56 Å². The number of anilines is 1. The van der Waals surface area contributed by atoms with E-state index in [9.17, 15) is 19.1 Å². The fourth-order valence-corrected chi connectivity index (χ4v) is 4.65. The summed E-state index contributed by atoms with van der Waals surface area (Å²) in [5.41, 5.74) is 1.16. The van der Waals surface area contributed by atoms with E-state index in [0.29, 0.717) is 30.1 Å². The molecular weight excluding hydrogens is 477 g/mol. The number of amides is 3. The highest BCUT2D eigenvalue weighted by molar-refractivity contribution is 6.31. The van der Waals surface area contributed by atoms with Crippen LogP contribution in [0.25, 0.3) is 0 Å². The summed E-state index contributed by atoms with van der Waals surface area (Å²) in [6, 6.07) is 12.1. The van der Waals surface area contributed by atoms with E-state index in [4.69, 9.17) is 21.1 Å². The molecule has 2 aromatic rings. The van der Waals surface area contributed by atoms with Gasteiger partial charge in [0.25, 0.3) is 0 Å². The maximum atomic E-state index is 13.5. The molecule has 2 fully saturated rings. The second-order valence-electron chi connectivity index (χ2n) is 8.80. The number of β-amino-alcohol motifs (C(OH)–C–C–N with tert-alkyl or cyclic N) is 1. The Labute approximate surface area is 208 Å². The molecule has 2 heterocycles. The van der Waals surface area contributed by atoms with Crippen LogP contribution in [0.15, 0.2) is 48.5 Å². The van der Waals surface area contributed by atoms with Gasteiger partial charge in [0.15, 0.2) is 0 Å². The van der Waals surface area contributed by atoms with Crippen LogP contribution in [0.5, 0.6) is 0 Å². The summed E-state index contributed by atoms with van der Waals surface area (Å²) in [4.78, 5) is 27.1. The average molecular weight is 506 g/mol. The first-order chi connectivity index (χ1) is 16.9. The van der Waals surface area contributed by atoms with Crippen LogP contribution in [-0.4, -0.2) is 66.1 Å². The fourth-order valence-electron chi connectivity index (χ4n) is 4.45. The Morgan fingerprint density at radius 3 is 2.77 bits per heavy atom. The van der Waals surface area contributed by atoms with Crippen molar-refractivity contribution in [3.8, 4) is 0 Å². The highest BCUT2D eigenvalue weighted by Crippen LogP contribution is 2.28. The minimum atomic E-state index is -0.859. The molecule has 10 heteroatoms. The number of fused-ring (bicyclic) bond motifs is 1. The van der Waals surface area contributed by atoms with Crippen LogP contribution in [0, 0.1) is 5.82 Å². The molecule has 3 amide bonds. The number of carbonyl (C=O) groups excluding carboxylic acids is 2. The largest absolute Gasteiger partial charge is 0.389 e. The van der Waals surface area contributed by atoms with Crippen LogP contribution in [0.2, 0.25) is 5.02 Å². The third kappa shape index (κ3) is 6.91. The van der Waals surface area contributed by atoms with Crippen LogP contribution in [0.4, 0.5) is 14.9 Å². The zero-order valence-corrected chi connectivity index (χ0v) is 19.9. The first-order valence-electron chi connectivity index (χ1n) is 11.6. The molecule has 35 heavy (non-hydrogen) atoms. The van der Waals surface area contributed by atoms with Crippen molar-refractivity contribution in [2.24, 2.45) is 0 Å². The molecule has 0 bridgehead atoms. The monoisotopic (exact) mass is 505 g/mol. The molecule has 0 unspecified atom stereocenters. The van der Waals surface area contributed by atoms with Crippen molar-refractivity contribution in [2.45, 2.75) is 50.2 Å². The molecule has 0 spiro atoms. The maximum absolute atomic E-state index is 13.5. The van der Waals surface area contributed by atoms with Gasteiger partial charge in [-0.1, -0.05) is 35.9 Å². The lowest BCUT2D eigenvalue weighted by Gasteiger charge is -2.44. The fraction of sp³-hybridized carbons (Fsp3) is 0.440. The number of carbonyl (C=O) groups is 2. The van der Waals surface area contributed by atoms with Gasteiger partial charge < -0.3 is 30.1 Å². The van der Waals surface area contributed by atoms with Crippen LogP contribution < -0.4 is 10.6 Å². The van der Waals surface area contributed by atoms with E-state index in [1.54, 1.807) is 12.1 Å². The van der Waals surface area contributed by atoms with E-state index in [-0.39, 0.29) is 44.2 Å². The van der Waals surface area contributed by atoms with Gasteiger partial charge in [0, 0.05) is 17.3 Å². The van der Waals surface area contributed by atoms with E-state index in [2.05, 4.69) is 10.6 Å². The third-order valence-electron chi connectivity index (χ3n) is 6.16. The topological polar surface area (TPSA) is 100 Å². The molecule has 4 atom stereocenters. The molecule has 4 rings (SSSR count). The number of ether oxygens (including phenoxy) is 2. The molecule has 2 aliphatic rings. The number of hydrogen-bond acceptors (Lipinski definition) is 5. The van der Waals surface area contributed by atoms with Gasteiger partial charge in [0.05, 0.1) is 44.4 Å². The van der Waals surface area contributed by atoms with Gasteiger partial charge in [-0.3, -0.25) is 4.79 Å². The second kappa shape index (κ2) is 11.8. The number of hydrogen-bond donors (Lipinski definition) is 3. The van der Waals surface area contributed by atoms with E-state index >= 15 is 0 Å². The number of nitrogens with one attached hydrogen (secondary N) is 2. The summed E-state index contributed by atoms with van der Waals surface area (Å²) in [5.74, 6) is -0.616. The van der Waals surface area contributed by atoms with Crippen LogP contribution in [-0.2, 0) is 20.8 Å². The standard InChI is InChI=1S/C25H29ClFN3O5/c26-21-7-2-1-4-16(21)12-28-24(32)11-20-8-9-22-23(35-20)15-34-14-19(31)13-30(22)25(33)29-18-6-3-5-17(27)10-18/h1-7,10,19-20,22-23,31H,8-9,11-15H2,(H,28,32)(H,29,33)/t19-,20+,22-,23+/m1/s1. The van der Waals surface area contributed by atoms with Gasteiger partial charge in [0.2, 0.25) is 5.91 Å². The minimum Gasteiger partial charge on any atom is -0.389 e. The smallest absolute Gasteiger partial charge is 0.322 e. The van der Waals surface area contributed by atoms with Crippen LogP contribution in [0.1, 0.15) is 24.8 Å². The lowest BCUT2D eigenvalue weighted by atomic mass is 9.95. The Hall–Kier alpha value is -2.72. The molecule has 8 nitrogen and oxygen atoms in total. The van der Waals surface area contributed by atoms with Crippen LogP contribution in [0.3, 0.4) is 0 Å². The van der Waals surface area contributed by atoms with Crippen molar-refractivity contribution in [1.82, 2.24) is 10.2 Å². The normalized spacial score (nSPS) is 24.6. The quantitative estimate of drug-likeness (QED) is 0.579. The Bertz CT molecular complexity index is 1040. The number of aliphatic hydroxyl groups excluding tert-OH is 1. The summed E-state index contributed by atoms with van der Waals surface area (Å²) in [6.07, 6.45) is -0.353. The van der Waals surface area contributed by atoms with Crippen molar-refractivity contribution in [1.29, 1.82) is 0 Å². The number of aliphatic hydroxyl groups is 1. The SMILES string of the molecule is O=C(C[C@@H]1CC[C@@H]2[C@H](COC[C@H](O)CN2C(=O)Nc2cccc(F)c2)O1)NCc1ccccc1Cl. The van der Waals surface area contributed by atoms with Gasteiger partial charge >= 0.3 is 6.03 Å². The summed E-state index contributed by atoms with van der Waals surface area (Å²) >= 11 is 6.15. The Morgan fingerprint density at radius 1 is 1.14 bits per heavy atom. The lowest BCUT2D eigenvalue weighted by molar-refractivity contribution is -0.149. The molecule has 0 saturated carbocycles. The van der Waals surface area contributed by atoms with Crippen molar-refractivity contribution < 1.29 is 28.6 Å². The van der Waals surface area contributed by atoms with E-state index in [1.807, 2.05) is 18.2 Å². The number of urea groups is 1. The Morgan fingerprint density at radius 2 is 1.97 bits per heavy atom. The summed E-state index contributed by atoms with van der Waals surface area (Å²) in [6.45, 7) is 0.615. The maximum Gasteiger partial charge on any atom is 0.322 e. The van der Waals surface area contributed by atoms with Gasteiger partial charge in [-0.15, -0.1) is 0 Å². The van der Waals surface area contributed by atoms with Crippen molar-refractivity contribution in [3.63, 3.8) is 0 Å². The van der Waals surface area contributed by atoms with Gasteiger partial charge in [-0.25, -0.2) is 9.18 Å². The zero-order valence-electron chi connectivity index (χ0n) is 19.2. The Kier molecular flexibility index (Phi) is 8.56. The van der Waals surface area contributed by atoms with Crippen molar-refractivity contribution in [3.05, 3.63) is 64.9 Å². The van der Waals surface area contributed by atoms with E-state index < -0.39 is 24.1 Å². The lowest BCUT2D eigenvalue weighted by Crippen LogP contribution is -2.58. The molecular formula is C25H29ClFN3O5. The highest BCUT2D eigenvalue weighted by atomic mass is 35.5. The number of halogens is 2. The number of nitrogens with zero attached hydrogens (tertiary/aromatic N) is 1. The van der Waals surface area contributed by atoms with Crippen molar-refractivity contribution in [2.75, 3.05) is 25.1 Å². The summed E-state index contributed by atoms with van der Waals surface area (Å²) in [5, 5.41) is 16.4. The van der Waals surface area contributed by atoms with Gasteiger partial charge in [0.1, 0.15) is 11.9 Å². The average Bonchev–Trinajstić information content (AvgIpc) is 2.81. The molecule has 2 aromatic carbocycles. The summed E-state index contributed by atoms with van der Waals surface area (Å²) < 4.78 is 25.3. The second-order valence-corrected chi connectivity index (χ2v) is 9.20. The minimum absolute atomic E-state index is 0.0503. The van der Waals surface area contributed by atoms with Crippen LogP contribution >= 0.6 is 11.6 Å². The van der Waals surface area contributed by atoms with Crippen molar-refractivity contribution >= 4 is 29.2 Å². The predicted octanol–water partition coefficient (Wildman–Crippen LogP) is 3.33. The van der Waals surface area contributed by atoms with E-state index in [1.165, 1.54) is 23.1 Å². The molecule has 0 radical (unpaired) electrons. The Balaban J connectivity index is 1.36. The zero-order chi connectivity index (χ0) is 24.8. The number of benzene rings is 2. The third-order valence-corrected chi connectivity index (χ3v) is 6.53.